The third-order valence-electron chi connectivity index (χ3n) is 3.45. The van der Waals surface area contributed by atoms with E-state index in [1.165, 1.54) is 0 Å². The van der Waals surface area contributed by atoms with Gasteiger partial charge in [-0.15, -0.1) is 0 Å². The third-order valence-corrected chi connectivity index (χ3v) is 3.45. The quantitative estimate of drug-likeness (QED) is 0.247. The first-order valence-electron chi connectivity index (χ1n) is 7.29. The maximum Gasteiger partial charge on any atom is 0.220 e. The summed E-state index contributed by atoms with van der Waals surface area (Å²) in [4.78, 5) is 15.1. The number of hydrogen-bond donors (Lipinski definition) is 7. The number of aliphatic imine (C=N–C) groups is 2. The van der Waals surface area contributed by atoms with E-state index < -0.39 is 0 Å². The highest BCUT2D eigenvalue weighted by Crippen LogP contribution is 2.26. The Bertz CT molecular complexity index is 711. The fraction of sp³-hybridized carbons (Fsp3) is 0.286. The van der Waals surface area contributed by atoms with Crippen LogP contribution < -0.4 is 28.3 Å². The monoisotopic (exact) mass is 330 g/mol. The van der Waals surface area contributed by atoms with Crippen molar-refractivity contribution in [1.82, 2.24) is 15.3 Å². The Labute approximate surface area is 139 Å². The van der Waals surface area contributed by atoms with Crippen LogP contribution in [0.25, 0.3) is 0 Å². The average Bonchev–Trinajstić information content (AvgIpc) is 3.07. The molecule has 11 N–H and O–H groups in total. The molecule has 0 radical (unpaired) electrons. The summed E-state index contributed by atoms with van der Waals surface area (Å²) < 4.78 is 0. The minimum Gasteiger partial charge on any atom is -0.388 e. The van der Waals surface area contributed by atoms with Crippen molar-refractivity contribution >= 4 is 24.0 Å². The number of amidine groups is 1. The van der Waals surface area contributed by atoms with E-state index in [4.69, 9.17) is 28.3 Å². The second-order valence-corrected chi connectivity index (χ2v) is 5.41. The molecule has 0 saturated carbocycles. The van der Waals surface area contributed by atoms with Gasteiger partial charge in [-0.05, 0) is 12.5 Å². The van der Waals surface area contributed by atoms with E-state index in [-0.39, 0.29) is 23.8 Å². The second-order valence-electron chi connectivity index (χ2n) is 5.41. The van der Waals surface area contributed by atoms with Gasteiger partial charge in [0, 0.05) is 18.0 Å². The van der Waals surface area contributed by atoms with E-state index in [1.807, 2.05) is 6.08 Å². The molecule has 2 atom stereocenters. The van der Waals surface area contributed by atoms with Gasteiger partial charge in [0.05, 0.1) is 35.8 Å². The molecule has 1 aliphatic heterocycles. The maximum atomic E-state index is 7.48. The molecule has 0 bridgehead atoms. The van der Waals surface area contributed by atoms with Gasteiger partial charge in [0.25, 0.3) is 0 Å². The number of hydrogen-bond acceptors (Lipinski definition) is 8. The molecule has 0 spiro atoms. The molecular weight excluding hydrogens is 308 g/mol. The lowest BCUT2D eigenvalue weighted by molar-refractivity contribution is 0.503. The Morgan fingerprint density at radius 2 is 2.17 bits per heavy atom. The van der Waals surface area contributed by atoms with Crippen LogP contribution in [0.15, 0.2) is 40.4 Å². The second kappa shape index (κ2) is 7.31. The van der Waals surface area contributed by atoms with Gasteiger partial charge < -0.3 is 33.2 Å². The Morgan fingerprint density at radius 1 is 1.42 bits per heavy atom. The largest absolute Gasteiger partial charge is 0.388 e. The number of nitrogen functional groups attached to an aromatic ring is 1. The number of guanidine groups is 1. The number of allylic oxidation sites excluding steroid dienone is 1. The van der Waals surface area contributed by atoms with Gasteiger partial charge in [0.2, 0.25) is 5.96 Å². The number of nitrogens with zero attached hydrogens (tertiary/aromatic N) is 3. The zero-order chi connectivity index (χ0) is 17.7. The molecule has 24 heavy (non-hydrogen) atoms. The summed E-state index contributed by atoms with van der Waals surface area (Å²) >= 11 is 0. The first-order chi connectivity index (χ1) is 11.3. The maximum absolute atomic E-state index is 7.48. The van der Waals surface area contributed by atoms with E-state index >= 15 is 0 Å². The van der Waals surface area contributed by atoms with Crippen LogP contribution in [0.4, 0.5) is 5.95 Å². The van der Waals surface area contributed by atoms with E-state index in [9.17, 15) is 0 Å². The van der Waals surface area contributed by atoms with Crippen LogP contribution >= 0.6 is 0 Å². The van der Waals surface area contributed by atoms with E-state index in [0.29, 0.717) is 30.3 Å². The normalized spacial score (nSPS) is 17.5. The summed E-state index contributed by atoms with van der Waals surface area (Å²) in [5.74, 6) is 0.745. The number of nitrogens with two attached hydrogens (primary N) is 4. The average molecular weight is 330 g/mol. The minimum atomic E-state index is -0.294. The predicted octanol–water partition coefficient (Wildman–Crippen LogP) is -0.537. The molecule has 1 aromatic heterocycles. The third kappa shape index (κ3) is 4.60. The van der Waals surface area contributed by atoms with E-state index in [2.05, 4.69) is 31.8 Å². The van der Waals surface area contributed by atoms with Gasteiger partial charge in [-0.2, -0.15) is 0 Å². The molecule has 10 heteroatoms. The molecule has 0 aliphatic carbocycles. The molecule has 128 valence electrons. The van der Waals surface area contributed by atoms with Crippen molar-refractivity contribution in [1.29, 1.82) is 5.41 Å². The summed E-state index contributed by atoms with van der Waals surface area (Å²) in [6, 6.07) is -0.294. The van der Waals surface area contributed by atoms with Crippen molar-refractivity contribution in [2.75, 3.05) is 5.73 Å². The van der Waals surface area contributed by atoms with E-state index in [1.54, 1.807) is 12.4 Å². The number of nitrogens with one attached hydrogen (secondary N) is 3. The van der Waals surface area contributed by atoms with Crippen LogP contribution in [0.5, 0.6) is 0 Å². The molecule has 0 aromatic carbocycles. The summed E-state index contributed by atoms with van der Waals surface area (Å²) in [5, 5.41) is 10.6. The Kier molecular flexibility index (Phi) is 5.20. The molecule has 0 amide bonds. The van der Waals surface area contributed by atoms with Crippen LogP contribution in [-0.2, 0) is 0 Å². The number of anilines is 1. The first kappa shape index (κ1) is 17.1. The number of aromatic amines is 1. The van der Waals surface area contributed by atoms with Crippen LogP contribution in [0.2, 0.25) is 0 Å². The number of imidazole rings is 1. The number of H-pyrrole nitrogens is 1. The molecule has 1 aliphatic rings. The summed E-state index contributed by atoms with van der Waals surface area (Å²) in [6.07, 6.45) is 6.02. The van der Waals surface area contributed by atoms with Gasteiger partial charge >= 0.3 is 0 Å². The Balaban J connectivity index is 2.34. The standard InChI is InChI=1S/C14H22N10/c1-7(15)22-10(4-8-5-20-13(18)23-8)9(2-3-12(16)17)11-6-21-14(19)24-11/h4-6,9-10,22H,1-3,15H2,(H3,16,17)(H2,18,23)(H3,19,21,24)/b8-4+. The van der Waals surface area contributed by atoms with Crippen molar-refractivity contribution in [2.24, 2.45) is 27.2 Å². The molecule has 10 nitrogen and oxygen atoms in total. The molecule has 2 unspecified atom stereocenters. The van der Waals surface area contributed by atoms with Crippen LogP contribution in [-0.4, -0.2) is 34.0 Å². The fourth-order valence-electron chi connectivity index (χ4n) is 2.44. The van der Waals surface area contributed by atoms with Crippen molar-refractivity contribution < 1.29 is 0 Å². The first-order valence-corrected chi connectivity index (χ1v) is 7.29. The smallest absolute Gasteiger partial charge is 0.220 e. The molecule has 1 aromatic rings. The van der Waals surface area contributed by atoms with Gasteiger partial charge in [0.1, 0.15) is 0 Å². The SMILES string of the molecule is C=C(N)NC(/C=C1\C=NC(N)=N1)C(CCC(=N)N)c1cnc(N)[nH]1. The van der Waals surface area contributed by atoms with Crippen LogP contribution in [0.1, 0.15) is 24.5 Å². The van der Waals surface area contributed by atoms with Crippen molar-refractivity contribution in [3.05, 3.63) is 36.1 Å². The van der Waals surface area contributed by atoms with Gasteiger partial charge in [-0.1, -0.05) is 6.58 Å². The zero-order valence-corrected chi connectivity index (χ0v) is 13.2. The van der Waals surface area contributed by atoms with Gasteiger partial charge in [-0.25, -0.2) is 15.0 Å². The minimum absolute atomic E-state index is 0.0927. The molecule has 0 saturated heterocycles. The Hall–Kier alpha value is -3.30. The molecule has 0 fully saturated rings. The summed E-state index contributed by atoms with van der Waals surface area (Å²) in [5.41, 5.74) is 23.9. The van der Waals surface area contributed by atoms with Crippen molar-refractivity contribution in [3.63, 3.8) is 0 Å². The number of aromatic nitrogens is 2. The lowest BCUT2D eigenvalue weighted by Crippen LogP contribution is -2.36. The van der Waals surface area contributed by atoms with Crippen molar-refractivity contribution in [2.45, 2.75) is 24.8 Å². The zero-order valence-electron chi connectivity index (χ0n) is 13.2. The molecule has 2 heterocycles. The van der Waals surface area contributed by atoms with Crippen LogP contribution in [0.3, 0.4) is 0 Å². The van der Waals surface area contributed by atoms with Crippen LogP contribution in [0, 0.1) is 5.41 Å². The summed E-state index contributed by atoms with van der Waals surface area (Å²) in [6.45, 7) is 3.69. The fourth-order valence-corrected chi connectivity index (χ4v) is 2.44. The Morgan fingerprint density at radius 3 is 2.67 bits per heavy atom. The predicted molar refractivity (Wildman–Crippen MR) is 95.3 cm³/mol. The number of rotatable bonds is 8. The molecular formula is C14H22N10. The summed E-state index contributed by atoms with van der Waals surface area (Å²) in [7, 11) is 0. The van der Waals surface area contributed by atoms with Gasteiger partial charge in [-0.3, -0.25) is 5.41 Å². The lowest BCUT2D eigenvalue weighted by Gasteiger charge is -2.25. The highest BCUT2D eigenvalue weighted by atomic mass is 15.1. The highest BCUT2D eigenvalue weighted by molar-refractivity contribution is 5.99. The molecule has 2 rings (SSSR count). The van der Waals surface area contributed by atoms with Gasteiger partial charge in [0.15, 0.2) is 5.95 Å². The highest BCUT2D eigenvalue weighted by Gasteiger charge is 2.24. The topological polar surface area (TPSA) is 193 Å². The lowest BCUT2D eigenvalue weighted by atomic mass is 9.90. The van der Waals surface area contributed by atoms with Crippen molar-refractivity contribution in [3.8, 4) is 0 Å². The van der Waals surface area contributed by atoms with E-state index in [0.717, 1.165) is 5.69 Å².